The van der Waals surface area contributed by atoms with Crippen molar-refractivity contribution < 1.29 is 19.2 Å². The number of carbonyl (C=O) groups excluding carboxylic acids is 1. The lowest BCUT2D eigenvalue weighted by molar-refractivity contribution is -0.384. The number of nitro groups is 1. The summed E-state index contributed by atoms with van der Waals surface area (Å²) in [5, 5.41) is 26.1. The molecule has 0 radical (unpaired) electrons. The predicted molar refractivity (Wildman–Crippen MR) is 130 cm³/mol. The number of nitrogens with one attached hydrogen (secondary N) is 1. The molecule has 2 aliphatic heterocycles. The maximum atomic E-state index is 12.5. The molecule has 0 saturated heterocycles. The fourth-order valence-electron chi connectivity index (χ4n) is 3.05. The molecule has 0 fully saturated rings. The van der Waals surface area contributed by atoms with Crippen LogP contribution in [0.2, 0.25) is 0 Å². The Bertz CT molecular complexity index is 1220. The van der Waals surface area contributed by atoms with E-state index in [1.807, 2.05) is 13.8 Å². The van der Waals surface area contributed by atoms with E-state index in [0.29, 0.717) is 16.7 Å². The zero-order valence-corrected chi connectivity index (χ0v) is 19.2. The quantitative estimate of drug-likeness (QED) is 0.258. The summed E-state index contributed by atoms with van der Waals surface area (Å²) in [7, 11) is 0. The molecule has 0 atom stereocenters. The minimum Gasteiger partial charge on any atom is -0.490 e. The summed E-state index contributed by atoms with van der Waals surface area (Å²) in [6.07, 6.45) is 1.61. The number of thioether (sulfide) groups is 1. The van der Waals surface area contributed by atoms with E-state index < -0.39 is 10.8 Å². The third-order valence-corrected chi connectivity index (χ3v) is 6.03. The van der Waals surface area contributed by atoms with Crippen LogP contribution in [0, 0.1) is 21.4 Å². The van der Waals surface area contributed by atoms with Crippen LogP contribution in [0.1, 0.15) is 19.4 Å². The molecular formula is C23H21N5O5S. The molecule has 4 rings (SSSR count). The van der Waals surface area contributed by atoms with Crippen LogP contribution in [0.5, 0.6) is 11.5 Å². The highest BCUT2D eigenvalue weighted by molar-refractivity contribution is 8.27. The molecule has 1 N–H and O–H groups in total. The van der Waals surface area contributed by atoms with E-state index in [1.165, 1.54) is 41.0 Å². The molecule has 34 heavy (non-hydrogen) atoms. The monoisotopic (exact) mass is 479 g/mol. The number of benzene rings is 2. The largest absolute Gasteiger partial charge is 0.490 e. The Kier molecular flexibility index (Phi) is 6.73. The number of hydrogen-bond donors (Lipinski definition) is 1. The molecule has 0 aliphatic carbocycles. The van der Waals surface area contributed by atoms with E-state index in [-0.39, 0.29) is 36.2 Å². The summed E-state index contributed by atoms with van der Waals surface area (Å²) in [5.41, 5.74) is 0.896. The highest BCUT2D eigenvalue weighted by atomic mass is 32.2. The SMILES string of the molecule is CC(C)C1=NN2C(=N)/C(=C/c3ccc(OCCOc4ccc([N+](=O)[O-])cc4)cc3)C(=O)N=C2S1. The van der Waals surface area contributed by atoms with Gasteiger partial charge in [0.15, 0.2) is 5.84 Å². The van der Waals surface area contributed by atoms with Crippen molar-refractivity contribution in [3.05, 3.63) is 69.8 Å². The first-order valence-corrected chi connectivity index (χ1v) is 11.2. The van der Waals surface area contributed by atoms with Gasteiger partial charge in [-0.3, -0.25) is 20.3 Å². The van der Waals surface area contributed by atoms with Crippen molar-refractivity contribution in [2.75, 3.05) is 13.2 Å². The number of fused-ring (bicyclic) bond motifs is 1. The minimum absolute atomic E-state index is 0.00173. The number of amides is 1. The van der Waals surface area contributed by atoms with Crippen LogP contribution in [0.15, 0.2) is 64.2 Å². The number of amidine groups is 2. The maximum Gasteiger partial charge on any atom is 0.283 e. The summed E-state index contributed by atoms with van der Waals surface area (Å²) in [4.78, 5) is 26.8. The van der Waals surface area contributed by atoms with Crippen molar-refractivity contribution in [3.8, 4) is 11.5 Å². The van der Waals surface area contributed by atoms with E-state index in [2.05, 4.69) is 10.1 Å². The first-order chi connectivity index (χ1) is 16.3. The smallest absolute Gasteiger partial charge is 0.283 e. The van der Waals surface area contributed by atoms with Gasteiger partial charge in [0.2, 0.25) is 5.17 Å². The molecule has 0 bridgehead atoms. The van der Waals surface area contributed by atoms with Crippen LogP contribution < -0.4 is 9.47 Å². The molecule has 0 spiro atoms. The van der Waals surface area contributed by atoms with Crippen LogP contribution in [0.4, 0.5) is 5.69 Å². The van der Waals surface area contributed by atoms with Crippen molar-refractivity contribution in [1.82, 2.24) is 5.01 Å². The number of aliphatic imine (C=N–C) groups is 1. The van der Waals surface area contributed by atoms with E-state index in [0.717, 1.165) is 10.6 Å². The van der Waals surface area contributed by atoms with Gasteiger partial charge in [0, 0.05) is 18.1 Å². The van der Waals surface area contributed by atoms with Crippen LogP contribution >= 0.6 is 11.8 Å². The fraction of sp³-hybridized carbons (Fsp3) is 0.217. The highest BCUT2D eigenvalue weighted by Gasteiger charge is 2.36. The summed E-state index contributed by atoms with van der Waals surface area (Å²) in [5.74, 6) is 0.847. The van der Waals surface area contributed by atoms with Gasteiger partial charge in [-0.2, -0.15) is 15.1 Å². The molecule has 2 aromatic rings. The zero-order valence-electron chi connectivity index (χ0n) is 18.4. The van der Waals surface area contributed by atoms with Crippen molar-refractivity contribution in [2.45, 2.75) is 13.8 Å². The second-order valence-electron chi connectivity index (χ2n) is 7.63. The van der Waals surface area contributed by atoms with Gasteiger partial charge in [-0.15, -0.1) is 0 Å². The van der Waals surface area contributed by atoms with Gasteiger partial charge in [-0.1, -0.05) is 26.0 Å². The van der Waals surface area contributed by atoms with Gasteiger partial charge < -0.3 is 9.47 Å². The lowest BCUT2D eigenvalue weighted by Crippen LogP contribution is -2.35. The second-order valence-corrected chi connectivity index (χ2v) is 8.62. The number of carbonyl (C=O) groups is 1. The molecule has 1 amide bonds. The van der Waals surface area contributed by atoms with E-state index in [4.69, 9.17) is 14.9 Å². The first-order valence-electron chi connectivity index (χ1n) is 10.4. The van der Waals surface area contributed by atoms with E-state index in [1.54, 1.807) is 30.3 Å². The summed E-state index contributed by atoms with van der Waals surface area (Å²) in [6.45, 7) is 4.54. The van der Waals surface area contributed by atoms with E-state index in [9.17, 15) is 14.9 Å². The Morgan fingerprint density at radius 2 is 1.68 bits per heavy atom. The molecule has 2 heterocycles. The van der Waals surface area contributed by atoms with Crippen LogP contribution in [0.3, 0.4) is 0 Å². The summed E-state index contributed by atoms with van der Waals surface area (Å²) >= 11 is 1.31. The molecule has 0 unspecified atom stereocenters. The Labute approximate surface area is 199 Å². The third kappa shape index (κ3) is 5.15. The molecular weight excluding hydrogens is 458 g/mol. The Morgan fingerprint density at radius 3 is 2.24 bits per heavy atom. The number of non-ortho nitro benzene ring substituents is 1. The number of rotatable bonds is 8. The number of hydrogen-bond acceptors (Lipinski definition) is 8. The Morgan fingerprint density at radius 1 is 1.09 bits per heavy atom. The van der Waals surface area contributed by atoms with Crippen LogP contribution in [0.25, 0.3) is 6.08 Å². The van der Waals surface area contributed by atoms with Gasteiger partial charge >= 0.3 is 0 Å². The Hall–Kier alpha value is -3.99. The lowest BCUT2D eigenvalue weighted by Gasteiger charge is -2.20. The fourth-order valence-corrected chi connectivity index (χ4v) is 3.94. The van der Waals surface area contributed by atoms with Gasteiger partial charge in [0.05, 0.1) is 10.5 Å². The van der Waals surface area contributed by atoms with E-state index >= 15 is 0 Å². The van der Waals surface area contributed by atoms with Crippen molar-refractivity contribution in [3.63, 3.8) is 0 Å². The van der Waals surface area contributed by atoms with Crippen molar-refractivity contribution in [1.29, 1.82) is 5.41 Å². The van der Waals surface area contributed by atoms with Gasteiger partial charge in [-0.25, -0.2) is 0 Å². The van der Waals surface area contributed by atoms with Crippen molar-refractivity contribution >= 4 is 45.5 Å². The minimum atomic E-state index is -0.466. The van der Waals surface area contributed by atoms with Crippen LogP contribution in [-0.2, 0) is 4.79 Å². The predicted octanol–water partition coefficient (Wildman–Crippen LogP) is 4.33. The molecule has 11 heteroatoms. The number of nitro benzene ring substituents is 1. The lowest BCUT2D eigenvalue weighted by atomic mass is 10.1. The maximum absolute atomic E-state index is 12.5. The van der Waals surface area contributed by atoms with Crippen LogP contribution in [-0.4, -0.2) is 45.1 Å². The molecule has 0 saturated carbocycles. The highest BCUT2D eigenvalue weighted by Crippen LogP contribution is 2.30. The molecule has 2 aromatic carbocycles. The molecule has 10 nitrogen and oxygen atoms in total. The topological polar surface area (TPSA) is 130 Å². The zero-order chi connectivity index (χ0) is 24.2. The van der Waals surface area contributed by atoms with Crippen molar-refractivity contribution in [2.24, 2.45) is 16.0 Å². The number of ether oxygens (including phenoxy) is 2. The molecule has 0 aromatic heterocycles. The van der Waals surface area contributed by atoms with Gasteiger partial charge in [-0.05, 0) is 47.7 Å². The van der Waals surface area contributed by atoms with Gasteiger partial charge in [0.25, 0.3) is 11.6 Å². The average molecular weight is 480 g/mol. The van der Waals surface area contributed by atoms with Gasteiger partial charge in [0.1, 0.15) is 29.8 Å². The average Bonchev–Trinajstić information content (AvgIpc) is 3.25. The third-order valence-electron chi connectivity index (χ3n) is 4.82. The summed E-state index contributed by atoms with van der Waals surface area (Å²) in [6, 6.07) is 12.9. The molecule has 2 aliphatic rings. The number of hydrazone groups is 1. The summed E-state index contributed by atoms with van der Waals surface area (Å²) < 4.78 is 11.2. The molecule has 174 valence electrons. The Balaban J connectivity index is 1.33. The standard InChI is InChI=1S/C23H21N5O5S/c1-14(2)22-26-27-20(24)19(21(29)25-23(27)34-22)13-15-3-7-17(8-4-15)32-11-12-33-18-9-5-16(6-10-18)28(30)31/h3-10,13-14,24H,11-12H2,1-2H3/b19-13-,24-20?. The normalized spacial score (nSPS) is 16.4. The second kappa shape index (κ2) is 9.87. The number of nitrogens with zero attached hydrogens (tertiary/aromatic N) is 4. The first kappa shape index (κ1) is 23.2.